The van der Waals surface area contributed by atoms with Crippen LogP contribution in [0.2, 0.25) is 5.02 Å². The first-order chi connectivity index (χ1) is 13.2. The van der Waals surface area contributed by atoms with Gasteiger partial charge in [0.05, 0.1) is 12.5 Å². The molecule has 7 nitrogen and oxygen atoms in total. The molecule has 0 aromatic heterocycles. The standard InChI is InChI=1S/C19H19ClFN3O4/c1-11-2-7-14(8-15(11)21)23-17(25)10-28-18(26)9-16(24-19(22)27)12-3-5-13(20)6-4-12/h2-8,16H,9-10H2,1H3,(H,23,25)(H3,22,24,27)/t16-/m0/s1. The number of benzene rings is 2. The highest BCUT2D eigenvalue weighted by Crippen LogP contribution is 2.20. The van der Waals surface area contributed by atoms with Crippen molar-refractivity contribution in [2.75, 3.05) is 11.9 Å². The lowest BCUT2D eigenvalue weighted by molar-refractivity contribution is -0.147. The zero-order valence-corrected chi connectivity index (χ0v) is 15.8. The molecule has 9 heteroatoms. The van der Waals surface area contributed by atoms with Crippen molar-refractivity contribution in [3.63, 3.8) is 0 Å². The third kappa shape index (κ3) is 6.55. The van der Waals surface area contributed by atoms with Crippen LogP contribution in [0.4, 0.5) is 14.9 Å². The molecule has 2 aromatic carbocycles. The monoisotopic (exact) mass is 407 g/mol. The van der Waals surface area contributed by atoms with E-state index in [9.17, 15) is 18.8 Å². The Balaban J connectivity index is 1.90. The van der Waals surface area contributed by atoms with Gasteiger partial charge in [-0.1, -0.05) is 29.8 Å². The molecule has 0 unspecified atom stereocenters. The van der Waals surface area contributed by atoms with Crippen LogP contribution in [0.25, 0.3) is 0 Å². The number of aryl methyl sites for hydroxylation is 1. The molecule has 2 aromatic rings. The number of anilines is 1. The Hall–Kier alpha value is -3.13. The molecule has 0 bridgehead atoms. The van der Waals surface area contributed by atoms with Gasteiger partial charge in [-0.2, -0.15) is 0 Å². The first-order valence-electron chi connectivity index (χ1n) is 8.27. The van der Waals surface area contributed by atoms with Gasteiger partial charge in [0.15, 0.2) is 6.61 Å². The first-order valence-corrected chi connectivity index (χ1v) is 8.65. The van der Waals surface area contributed by atoms with Crippen molar-refractivity contribution in [2.24, 2.45) is 5.73 Å². The first kappa shape index (κ1) is 21.2. The number of hydrogen-bond donors (Lipinski definition) is 3. The number of primary amides is 1. The molecular formula is C19H19ClFN3O4. The Morgan fingerprint density at radius 1 is 1.18 bits per heavy atom. The lowest BCUT2D eigenvalue weighted by Gasteiger charge is -2.17. The summed E-state index contributed by atoms with van der Waals surface area (Å²) < 4.78 is 18.4. The topological polar surface area (TPSA) is 111 Å². The third-order valence-corrected chi connectivity index (χ3v) is 4.03. The Bertz CT molecular complexity index is 874. The molecule has 28 heavy (non-hydrogen) atoms. The fourth-order valence-electron chi connectivity index (χ4n) is 2.36. The molecule has 0 aliphatic rings. The van der Waals surface area contributed by atoms with Crippen molar-refractivity contribution >= 4 is 35.2 Å². The van der Waals surface area contributed by atoms with Crippen molar-refractivity contribution in [1.29, 1.82) is 0 Å². The van der Waals surface area contributed by atoms with E-state index in [2.05, 4.69) is 10.6 Å². The molecule has 1 atom stereocenters. The van der Waals surface area contributed by atoms with Crippen molar-refractivity contribution in [3.8, 4) is 0 Å². The van der Waals surface area contributed by atoms with Gasteiger partial charge in [0.2, 0.25) is 0 Å². The average molecular weight is 408 g/mol. The number of esters is 1. The van der Waals surface area contributed by atoms with Gasteiger partial charge >= 0.3 is 12.0 Å². The van der Waals surface area contributed by atoms with Gasteiger partial charge < -0.3 is 21.1 Å². The van der Waals surface area contributed by atoms with E-state index in [1.807, 2.05) is 0 Å². The summed E-state index contributed by atoms with van der Waals surface area (Å²) in [6.45, 7) is 1.04. The minimum atomic E-state index is -0.813. The summed E-state index contributed by atoms with van der Waals surface area (Å²) in [6, 6.07) is 9.14. The highest BCUT2D eigenvalue weighted by atomic mass is 35.5. The highest BCUT2D eigenvalue weighted by molar-refractivity contribution is 6.30. The van der Waals surface area contributed by atoms with Crippen LogP contribution in [-0.2, 0) is 14.3 Å². The lowest BCUT2D eigenvalue weighted by atomic mass is 10.0. The zero-order chi connectivity index (χ0) is 20.7. The minimum Gasteiger partial charge on any atom is -0.455 e. The average Bonchev–Trinajstić information content (AvgIpc) is 2.63. The second-order valence-electron chi connectivity index (χ2n) is 5.99. The SMILES string of the molecule is Cc1ccc(NC(=O)COC(=O)C[C@H](NC(N)=O)c2ccc(Cl)cc2)cc1F. The highest BCUT2D eigenvalue weighted by Gasteiger charge is 2.19. The van der Waals surface area contributed by atoms with Crippen LogP contribution < -0.4 is 16.4 Å². The number of nitrogens with two attached hydrogens (primary N) is 1. The molecule has 3 amide bonds. The van der Waals surface area contributed by atoms with Gasteiger partial charge in [0.1, 0.15) is 5.82 Å². The maximum Gasteiger partial charge on any atom is 0.312 e. The smallest absolute Gasteiger partial charge is 0.312 e. The van der Waals surface area contributed by atoms with E-state index in [0.717, 1.165) is 0 Å². The summed E-state index contributed by atoms with van der Waals surface area (Å²) in [5.74, 6) is -1.81. The summed E-state index contributed by atoms with van der Waals surface area (Å²) in [7, 11) is 0. The van der Waals surface area contributed by atoms with Crippen LogP contribution in [0.5, 0.6) is 0 Å². The molecule has 0 saturated heterocycles. The van der Waals surface area contributed by atoms with E-state index in [1.165, 1.54) is 18.2 Å². The van der Waals surface area contributed by atoms with E-state index < -0.39 is 36.4 Å². The molecule has 0 heterocycles. The molecule has 0 radical (unpaired) electrons. The summed E-state index contributed by atoms with van der Waals surface area (Å²) in [5.41, 5.74) is 6.43. The van der Waals surface area contributed by atoms with Crippen molar-refractivity contribution in [2.45, 2.75) is 19.4 Å². The Morgan fingerprint density at radius 2 is 1.86 bits per heavy atom. The molecular weight excluding hydrogens is 389 g/mol. The number of halogens is 2. The van der Waals surface area contributed by atoms with Gasteiger partial charge in [-0.25, -0.2) is 9.18 Å². The van der Waals surface area contributed by atoms with Crippen LogP contribution in [0.1, 0.15) is 23.6 Å². The molecule has 2 rings (SSSR count). The normalized spacial score (nSPS) is 11.4. The quantitative estimate of drug-likeness (QED) is 0.612. The van der Waals surface area contributed by atoms with Crippen LogP contribution in [0.3, 0.4) is 0 Å². The molecule has 0 aliphatic heterocycles. The van der Waals surface area contributed by atoms with E-state index in [4.69, 9.17) is 22.1 Å². The van der Waals surface area contributed by atoms with Gasteiger partial charge in [0.25, 0.3) is 5.91 Å². The second kappa shape index (κ2) is 9.70. The van der Waals surface area contributed by atoms with E-state index in [-0.39, 0.29) is 12.1 Å². The number of ether oxygens (including phenoxy) is 1. The van der Waals surface area contributed by atoms with Crippen LogP contribution in [-0.4, -0.2) is 24.5 Å². The Morgan fingerprint density at radius 3 is 2.46 bits per heavy atom. The van der Waals surface area contributed by atoms with E-state index >= 15 is 0 Å². The lowest BCUT2D eigenvalue weighted by Crippen LogP contribution is -2.35. The molecule has 0 aliphatic carbocycles. The fourth-order valence-corrected chi connectivity index (χ4v) is 2.48. The molecule has 0 fully saturated rings. The van der Waals surface area contributed by atoms with Gasteiger partial charge in [0, 0.05) is 10.7 Å². The maximum absolute atomic E-state index is 13.5. The number of urea groups is 1. The number of nitrogens with one attached hydrogen (secondary N) is 2. The largest absolute Gasteiger partial charge is 0.455 e. The number of amides is 3. The van der Waals surface area contributed by atoms with Gasteiger partial charge in [-0.15, -0.1) is 0 Å². The van der Waals surface area contributed by atoms with Crippen LogP contribution in [0, 0.1) is 12.7 Å². The van der Waals surface area contributed by atoms with Crippen LogP contribution >= 0.6 is 11.6 Å². The van der Waals surface area contributed by atoms with Crippen molar-refractivity contribution in [1.82, 2.24) is 5.32 Å². The van der Waals surface area contributed by atoms with Gasteiger partial charge in [-0.3, -0.25) is 9.59 Å². The summed E-state index contributed by atoms with van der Waals surface area (Å²) in [4.78, 5) is 35.1. The second-order valence-corrected chi connectivity index (χ2v) is 6.43. The molecule has 4 N–H and O–H groups in total. The fraction of sp³-hybridized carbons (Fsp3) is 0.211. The van der Waals surface area contributed by atoms with E-state index in [1.54, 1.807) is 31.2 Å². The van der Waals surface area contributed by atoms with Crippen molar-refractivity contribution in [3.05, 3.63) is 64.4 Å². The Kier molecular flexibility index (Phi) is 7.34. The summed E-state index contributed by atoms with van der Waals surface area (Å²) in [5, 5.41) is 5.36. The zero-order valence-electron chi connectivity index (χ0n) is 15.0. The number of carbonyl (C=O) groups is 3. The molecule has 148 valence electrons. The number of hydrogen-bond acceptors (Lipinski definition) is 4. The summed E-state index contributed by atoms with van der Waals surface area (Å²) >= 11 is 5.83. The number of carbonyl (C=O) groups excluding carboxylic acids is 3. The molecule has 0 saturated carbocycles. The Labute approximate surface area is 166 Å². The third-order valence-electron chi connectivity index (χ3n) is 3.78. The predicted octanol–water partition coefficient (Wildman–Crippen LogP) is 3.07. The number of rotatable bonds is 7. The van der Waals surface area contributed by atoms with Gasteiger partial charge in [-0.05, 0) is 42.3 Å². The minimum absolute atomic E-state index is 0.239. The van der Waals surface area contributed by atoms with E-state index in [0.29, 0.717) is 16.1 Å². The molecule has 0 spiro atoms. The maximum atomic E-state index is 13.5. The van der Waals surface area contributed by atoms with Crippen molar-refractivity contribution < 1.29 is 23.5 Å². The summed E-state index contributed by atoms with van der Waals surface area (Å²) in [6.07, 6.45) is -0.239. The van der Waals surface area contributed by atoms with Crippen LogP contribution in [0.15, 0.2) is 42.5 Å². The predicted molar refractivity (Wildman–Crippen MR) is 102 cm³/mol.